The average molecular weight is 352 g/mol. The molecule has 0 aliphatic carbocycles. The Bertz CT molecular complexity index is 694. The summed E-state index contributed by atoms with van der Waals surface area (Å²) in [5.41, 5.74) is 0.474. The Kier molecular flexibility index (Phi) is 4.62. The van der Waals surface area contributed by atoms with E-state index in [4.69, 9.17) is 16.3 Å². The van der Waals surface area contributed by atoms with Gasteiger partial charge < -0.3 is 15.0 Å². The number of benzene rings is 1. The van der Waals surface area contributed by atoms with Crippen LogP contribution in [0.3, 0.4) is 0 Å². The van der Waals surface area contributed by atoms with Crippen molar-refractivity contribution in [1.29, 1.82) is 0 Å². The van der Waals surface area contributed by atoms with E-state index in [9.17, 15) is 14.4 Å². The fourth-order valence-electron chi connectivity index (χ4n) is 3.02. The van der Waals surface area contributed by atoms with Crippen LogP contribution in [0.4, 0.5) is 5.69 Å². The zero-order valence-corrected chi connectivity index (χ0v) is 14.0. The number of para-hydroxylation sites is 1. The van der Waals surface area contributed by atoms with E-state index in [1.807, 2.05) is 6.92 Å². The van der Waals surface area contributed by atoms with E-state index in [0.717, 1.165) is 0 Å². The Labute approximate surface area is 144 Å². The van der Waals surface area contributed by atoms with Crippen molar-refractivity contribution in [3.8, 4) is 5.75 Å². The van der Waals surface area contributed by atoms with Crippen molar-refractivity contribution in [2.75, 3.05) is 31.1 Å². The molecule has 7 nitrogen and oxygen atoms in total. The van der Waals surface area contributed by atoms with Crippen LogP contribution in [-0.4, -0.2) is 54.9 Å². The second-order valence-electron chi connectivity index (χ2n) is 5.66. The maximum Gasteiger partial charge on any atom is 0.265 e. The smallest absolute Gasteiger partial charge is 0.265 e. The summed E-state index contributed by atoms with van der Waals surface area (Å²) in [6.07, 6.45) is 0.525. The van der Waals surface area contributed by atoms with Crippen LogP contribution in [0, 0.1) is 0 Å². The molecule has 0 bridgehead atoms. The van der Waals surface area contributed by atoms with Crippen molar-refractivity contribution in [2.45, 2.75) is 19.4 Å². The first-order valence-electron chi connectivity index (χ1n) is 7.81. The number of nitrogens with one attached hydrogen (secondary N) is 1. The second-order valence-corrected chi connectivity index (χ2v) is 6.07. The lowest BCUT2D eigenvalue weighted by Crippen LogP contribution is -2.59. The van der Waals surface area contributed by atoms with Gasteiger partial charge in [-0.3, -0.25) is 19.3 Å². The van der Waals surface area contributed by atoms with Gasteiger partial charge in [-0.2, -0.15) is 0 Å². The summed E-state index contributed by atoms with van der Waals surface area (Å²) in [5.74, 6) is -0.339. The molecule has 0 radical (unpaired) electrons. The molecule has 1 aromatic carbocycles. The molecule has 1 aromatic rings. The number of halogens is 1. The molecule has 8 heteroatoms. The van der Waals surface area contributed by atoms with Gasteiger partial charge in [0, 0.05) is 13.1 Å². The normalized spacial score (nSPS) is 20.3. The molecule has 2 aliphatic heterocycles. The van der Waals surface area contributed by atoms with E-state index in [-0.39, 0.29) is 30.9 Å². The summed E-state index contributed by atoms with van der Waals surface area (Å²) >= 11 is 6.09. The van der Waals surface area contributed by atoms with Gasteiger partial charge in [-0.25, -0.2) is 0 Å². The van der Waals surface area contributed by atoms with Gasteiger partial charge in [0.1, 0.15) is 12.6 Å². The largest absolute Gasteiger partial charge is 0.480 e. The number of carbonyl (C=O) groups excluding carboxylic acids is 3. The lowest BCUT2D eigenvalue weighted by atomic mass is 10.1. The number of fused-ring (bicyclic) bond motifs is 1. The number of anilines is 1. The molecule has 3 amide bonds. The van der Waals surface area contributed by atoms with Crippen LogP contribution in [0.1, 0.15) is 13.3 Å². The molecule has 2 aliphatic rings. The molecule has 0 aromatic heterocycles. The molecular weight excluding hydrogens is 334 g/mol. The van der Waals surface area contributed by atoms with Gasteiger partial charge in [0.05, 0.1) is 10.7 Å². The fourth-order valence-corrected chi connectivity index (χ4v) is 3.24. The van der Waals surface area contributed by atoms with Crippen molar-refractivity contribution < 1.29 is 19.1 Å². The van der Waals surface area contributed by atoms with Gasteiger partial charge in [-0.1, -0.05) is 24.6 Å². The highest BCUT2D eigenvalue weighted by Gasteiger charge is 2.35. The molecule has 1 fully saturated rings. The average Bonchev–Trinajstić information content (AvgIpc) is 2.57. The highest BCUT2D eigenvalue weighted by molar-refractivity contribution is 6.32. The lowest BCUT2D eigenvalue weighted by molar-refractivity contribution is -0.142. The van der Waals surface area contributed by atoms with Crippen LogP contribution < -0.4 is 15.0 Å². The molecule has 2 heterocycles. The minimum Gasteiger partial charge on any atom is -0.480 e. The van der Waals surface area contributed by atoms with Crippen LogP contribution in [0.2, 0.25) is 5.02 Å². The van der Waals surface area contributed by atoms with Crippen molar-refractivity contribution in [2.24, 2.45) is 0 Å². The molecule has 0 unspecified atom stereocenters. The summed E-state index contributed by atoms with van der Waals surface area (Å²) in [6, 6.07) is 4.55. The van der Waals surface area contributed by atoms with Gasteiger partial charge in [-0.15, -0.1) is 0 Å². The summed E-state index contributed by atoms with van der Waals surface area (Å²) < 4.78 is 5.37. The van der Waals surface area contributed by atoms with Crippen molar-refractivity contribution >= 4 is 35.0 Å². The van der Waals surface area contributed by atoms with Crippen molar-refractivity contribution in [3.05, 3.63) is 23.2 Å². The molecule has 0 saturated carbocycles. The first-order chi connectivity index (χ1) is 11.5. The first-order valence-corrected chi connectivity index (χ1v) is 8.19. The van der Waals surface area contributed by atoms with Gasteiger partial charge in [-0.05, 0) is 18.6 Å². The third-order valence-corrected chi connectivity index (χ3v) is 4.51. The molecule has 1 atom stereocenters. The quantitative estimate of drug-likeness (QED) is 0.873. The van der Waals surface area contributed by atoms with E-state index in [1.165, 1.54) is 9.80 Å². The maximum atomic E-state index is 12.7. The van der Waals surface area contributed by atoms with E-state index < -0.39 is 6.04 Å². The molecule has 3 rings (SSSR count). The predicted octanol–water partition coefficient (Wildman–Crippen LogP) is 0.802. The van der Waals surface area contributed by atoms with E-state index in [2.05, 4.69) is 5.32 Å². The third-order valence-electron chi connectivity index (χ3n) is 4.21. The highest BCUT2D eigenvalue weighted by atomic mass is 35.5. The SMILES string of the molecule is CC[C@@H]1C(=O)NCCN1C(=O)CN1C(=O)COc2c(Cl)cccc21. The Morgan fingerprint density at radius 3 is 2.96 bits per heavy atom. The number of amides is 3. The van der Waals surface area contributed by atoms with Crippen LogP contribution in [0.5, 0.6) is 5.75 Å². The standard InChI is InChI=1S/C16H18ClN3O4/c1-2-11-16(23)18-6-7-19(11)13(21)8-20-12-5-3-4-10(17)15(12)24-9-14(20)22/h3-5,11H,2,6-9H2,1H3,(H,18,23)/t11-/m1/s1. The lowest BCUT2D eigenvalue weighted by Gasteiger charge is -2.37. The van der Waals surface area contributed by atoms with Gasteiger partial charge in [0.2, 0.25) is 11.8 Å². The number of ether oxygens (including phenoxy) is 1. The Morgan fingerprint density at radius 1 is 1.42 bits per heavy atom. The van der Waals surface area contributed by atoms with E-state index in [0.29, 0.717) is 36.0 Å². The zero-order chi connectivity index (χ0) is 17.3. The Hall–Kier alpha value is -2.28. The van der Waals surface area contributed by atoms with Crippen LogP contribution in [-0.2, 0) is 14.4 Å². The summed E-state index contributed by atoms with van der Waals surface area (Å²) in [5, 5.41) is 3.14. The van der Waals surface area contributed by atoms with E-state index in [1.54, 1.807) is 18.2 Å². The molecule has 1 saturated heterocycles. The Balaban J connectivity index is 1.83. The fraction of sp³-hybridized carbons (Fsp3) is 0.438. The molecule has 128 valence electrons. The van der Waals surface area contributed by atoms with Gasteiger partial charge in [0.25, 0.3) is 5.91 Å². The van der Waals surface area contributed by atoms with Gasteiger partial charge >= 0.3 is 0 Å². The summed E-state index contributed by atoms with van der Waals surface area (Å²) in [6.45, 7) is 2.40. The number of carbonyl (C=O) groups is 3. The van der Waals surface area contributed by atoms with Gasteiger partial charge in [0.15, 0.2) is 12.4 Å². The summed E-state index contributed by atoms with van der Waals surface area (Å²) in [7, 11) is 0. The maximum absolute atomic E-state index is 12.7. The molecule has 24 heavy (non-hydrogen) atoms. The molecule has 1 N–H and O–H groups in total. The van der Waals surface area contributed by atoms with Crippen molar-refractivity contribution in [1.82, 2.24) is 10.2 Å². The number of rotatable bonds is 3. The predicted molar refractivity (Wildman–Crippen MR) is 88.1 cm³/mol. The van der Waals surface area contributed by atoms with Crippen LogP contribution in [0.15, 0.2) is 18.2 Å². The minimum atomic E-state index is -0.499. The van der Waals surface area contributed by atoms with Crippen molar-refractivity contribution in [3.63, 3.8) is 0 Å². The highest BCUT2D eigenvalue weighted by Crippen LogP contribution is 2.38. The number of nitrogens with zero attached hydrogens (tertiary/aromatic N) is 2. The molecule has 0 spiro atoms. The zero-order valence-electron chi connectivity index (χ0n) is 13.3. The minimum absolute atomic E-state index is 0.140. The number of hydrogen-bond donors (Lipinski definition) is 1. The van der Waals surface area contributed by atoms with Crippen LogP contribution >= 0.6 is 11.6 Å². The second kappa shape index (κ2) is 6.68. The monoisotopic (exact) mass is 351 g/mol. The first kappa shape index (κ1) is 16.6. The number of hydrogen-bond acceptors (Lipinski definition) is 4. The topological polar surface area (TPSA) is 79.0 Å². The molecular formula is C16H18ClN3O4. The van der Waals surface area contributed by atoms with E-state index >= 15 is 0 Å². The number of piperazine rings is 1. The summed E-state index contributed by atoms with van der Waals surface area (Å²) in [4.78, 5) is 39.7. The third kappa shape index (κ3) is 2.91. The Morgan fingerprint density at radius 2 is 2.21 bits per heavy atom. The van der Waals surface area contributed by atoms with Crippen LogP contribution in [0.25, 0.3) is 0 Å².